The van der Waals surface area contributed by atoms with Crippen molar-refractivity contribution in [2.75, 3.05) is 20.3 Å². The highest BCUT2D eigenvalue weighted by Crippen LogP contribution is 2.40. The second kappa shape index (κ2) is 8.38. The van der Waals surface area contributed by atoms with E-state index < -0.39 is 0 Å². The third-order valence-corrected chi connectivity index (χ3v) is 5.81. The molecule has 0 spiro atoms. The summed E-state index contributed by atoms with van der Waals surface area (Å²) in [7, 11) is 1.59. The van der Waals surface area contributed by atoms with Gasteiger partial charge in [-0.3, -0.25) is 9.50 Å². The van der Waals surface area contributed by atoms with E-state index in [-0.39, 0.29) is 5.82 Å². The molecule has 1 saturated carbocycles. The van der Waals surface area contributed by atoms with E-state index in [1.807, 2.05) is 22.7 Å². The summed E-state index contributed by atoms with van der Waals surface area (Å²) in [5.74, 6) is 1.58. The fourth-order valence-corrected chi connectivity index (χ4v) is 3.91. The fraction of sp³-hybridized carbons (Fsp3) is 0.250. The molecule has 0 bridgehead atoms. The van der Waals surface area contributed by atoms with Crippen LogP contribution in [0.4, 0.5) is 4.39 Å². The normalized spacial score (nSPS) is 13.6. The number of ether oxygens (including phenoxy) is 2. The number of halogens is 1. The minimum Gasteiger partial charge on any atom is -0.490 e. The first-order chi connectivity index (χ1) is 16.7. The molecule has 0 radical (unpaired) electrons. The van der Waals surface area contributed by atoms with Crippen LogP contribution in [0.3, 0.4) is 0 Å². The summed E-state index contributed by atoms with van der Waals surface area (Å²) in [5.41, 5.74) is 4.62. The van der Waals surface area contributed by atoms with Gasteiger partial charge < -0.3 is 14.0 Å². The number of aromatic nitrogens is 6. The Morgan fingerprint density at radius 1 is 1.15 bits per heavy atom. The molecule has 4 heterocycles. The van der Waals surface area contributed by atoms with Gasteiger partial charge in [0.15, 0.2) is 0 Å². The number of hydrogen-bond acceptors (Lipinski definition) is 7. The van der Waals surface area contributed by atoms with Gasteiger partial charge >= 0.3 is 0 Å². The summed E-state index contributed by atoms with van der Waals surface area (Å²) in [4.78, 5) is 9.04. The Hall–Kier alpha value is -4.05. The van der Waals surface area contributed by atoms with Gasteiger partial charge in [-0.1, -0.05) is 5.16 Å². The molecule has 5 aromatic rings. The van der Waals surface area contributed by atoms with E-state index in [2.05, 4.69) is 25.3 Å². The molecule has 0 amide bonds. The van der Waals surface area contributed by atoms with Crippen LogP contribution in [0.25, 0.3) is 39.5 Å². The highest BCUT2D eigenvalue weighted by molar-refractivity contribution is 5.83. The number of nitrogens with zero attached hydrogens (tertiary/aromatic N) is 5. The van der Waals surface area contributed by atoms with Gasteiger partial charge in [-0.15, -0.1) is 0 Å². The van der Waals surface area contributed by atoms with Crippen LogP contribution in [0.2, 0.25) is 0 Å². The average molecular weight is 460 g/mol. The van der Waals surface area contributed by atoms with Crippen LogP contribution < -0.4 is 4.74 Å². The molecule has 1 N–H and O–H groups in total. The molecule has 0 saturated heterocycles. The van der Waals surface area contributed by atoms with Gasteiger partial charge in [0, 0.05) is 42.0 Å². The van der Waals surface area contributed by atoms with Gasteiger partial charge in [0.05, 0.1) is 24.7 Å². The standard InChI is InChI=1S/C24H21FN6O3/c1-32-8-9-33-20-10-16(25)5-6-17(20)22-18(11-27-29-22)15-4-7-21-26-12-19(31(21)13-15)23-28-24(34-30-23)14-2-3-14/h4-7,10-14H,2-3,8-9H2,1H3,(H,27,29). The molecule has 9 nitrogen and oxygen atoms in total. The molecule has 1 aliphatic carbocycles. The number of fused-ring (bicyclic) bond motifs is 1. The van der Waals surface area contributed by atoms with E-state index in [1.54, 1.807) is 25.6 Å². The van der Waals surface area contributed by atoms with E-state index in [0.29, 0.717) is 47.9 Å². The van der Waals surface area contributed by atoms with Crippen LogP contribution in [0.15, 0.2) is 53.4 Å². The van der Waals surface area contributed by atoms with Gasteiger partial charge in [0.25, 0.3) is 0 Å². The smallest absolute Gasteiger partial charge is 0.230 e. The van der Waals surface area contributed by atoms with Crippen molar-refractivity contribution < 1.29 is 18.4 Å². The number of aromatic amines is 1. The molecule has 0 aliphatic heterocycles. The lowest BCUT2D eigenvalue weighted by molar-refractivity contribution is 0.146. The summed E-state index contributed by atoms with van der Waals surface area (Å²) in [5, 5.41) is 11.4. The van der Waals surface area contributed by atoms with Crippen LogP contribution in [0.5, 0.6) is 5.75 Å². The van der Waals surface area contributed by atoms with Crippen molar-refractivity contribution in [3.8, 4) is 39.7 Å². The largest absolute Gasteiger partial charge is 0.490 e. The Balaban J connectivity index is 1.40. The zero-order valence-electron chi connectivity index (χ0n) is 18.4. The number of methoxy groups -OCH3 is 1. The number of rotatable bonds is 8. The molecule has 34 heavy (non-hydrogen) atoms. The van der Waals surface area contributed by atoms with E-state index >= 15 is 0 Å². The summed E-state index contributed by atoms with van der Waals surface area (Å²) in [6, 6.07) is 8.31. The van der Waals surface area contributed by atoms with Crippen LogP contribution in [-0.2, 0) is 4.74 Å². The third-order valence-electron chi connectivity index (χ3n) is 5.81. The van der Waals surface area contributed by atoms with Crippen molar-refractivity contribution in [2.45, 2.75) is 18.8 Å². The zero-order valence-corrected chi connectivity index (χ0v) is 18.4. The van der Waals surface area contributed by atoms with Crippen molar-refractivity contribution in [1.82, 2.24) is 29.7 Å². The summed E-state index contributed by atoms with van der Waals surface area (Å²) in [6.07, 6.45) is 7.59. The molecule has 0 atom stereocenters. The topological polar surface area (TPSA) is 103 Å². The maximum absolute atomic E-state index is 14.0. The summed E-state index contributed by atoms with van der Waals surface area (Å²) in [6.45, 7) is 0.693. The Bertz CT molecular complexity index is 1470. The summed E-state index contributed by atoms with van der Waals surface area (Å²) < 4.78 is 32.1. The fourth-order valence-electron chi connectivity index (χ4n) is 3.91. The predicted octanol–water partition coefficient (Wildman–Crippen LogP) is 4.48. The highest BCUT2D eigenvalue weighted by Gasteiger charge is 2.30. The van der Waals surface area contributed by atoms with Crippen molar-refractivity contribution in [3.63, 3.8) is 0 Å². The number of H-pyrrole nitrogens is 1. The SMILES string of the molecule is COCCOc1cc(F)ccc1-c1[nH]ncc1-c1ccc2ncc(-c3noc(C4CC4)n3)n2c1. The average Bonchev–Trinajstić information content (AvgIpc) is 3.23. The van der Waals surface area contributed by atoms with Crippen LogP contribution in [-0.4, -0.2) is 50.0 Å². The minimum atomic E-state index is -0.382. The molecular weight excluding hydrogens is 439 g/mol. The zero-order chi connectivity index (χ0) is 23.1. The quantitative estimate of drug-likeness (QED) is 0.341. The number of imidazole rings is 1. The van der Waals surface area contributed by atoms with E-state index in [0.717, 1.165) is 35.3 Å². The van der Waals surface area contributed by atoms with E-state index in [4.69, 9.17) is 14.0 Å². The van der Waals surface area contributed by atoms with Crippen LogP contribution >= 0.6 is 0 Å². The molecule has 10 heteroatoms. The first-order valence-corrected chi connectivity index (χ1v) is 11.0. The molecule has 1 fully saturated rings. The van der Waals surface area contributed by atoms with E-state index in [1.165, 1.54) is 12.1 Å². The summed E-state index contributed by atoms with van der Waals surface area (Å²) >= 11 is 0. The lowest BCUT2D eigenvalue weighted by Crippen LogP contribution is -2.05. The molecule has 1 aliphatic rings. The molecule has 172 valence electrons. The minimum absolute atomic E-state index is 0.300. The highest BCUT2D eigenvalue weighted by atomic mass is 19.1. The molecular formula is C24H21FN6O3. The van der Waals surface area contributed by atoms with Crippen LogP contribution in [0.1, 0.15) is 24.7 Å². The Labute approximate surface area is 193 Å². The predicted molar refractivity (Wildman–Crippen MR) is 121 cm³/mol. The first kappa shape index (κ1) is 20.5. The second-order valence-corrected chi connectivity index (χ2v) is 8.16. The number of hydrogen-bond donors (Lipinski definition) is 1. The Kier molecular flexibility index (Phi) is 5.06. The number of pyridine rings is 1. The van der Waals surface area contributed by atoms with Gasteiger partial charge in [-0.25, -0.2) is 9.37 Å². The lowest BCUT2D eigenvalue weighted by atomic mass is 10.0. The Morgan fingerprint density at radius 2 is 2.06 bits per heavy atom. The van der Waals surface area contributed by atoms with Crippen molar-refractivity contribution in [2.24, 2.45) is 0 Å². The van der Waals surface area contributed by atoms with Gasteiger partial charge in [-0.2, -0.15) is 10.1 Å². The molecule has 4 aromatic heterocycles. The van der Waals surface area contributed by atoms with Gasteiger partial charge in [0.2, 0.25) is 11.7 Å². The number of nitrogens with one attached hydrogen (secondary N) is 1. The van der Waals surface area contributed by atoms with E-state index in [9.17, 15) is 4.39 Å². The lowest BCUT2D eigenvalue weighted by Gasteiger charge is -2.12. The molecule has 6 rings (SSSR count). The molecule has 0 unspecified atom stereocenters. The Morgan fingerprint density at radius 3 is 2.91 bits per heavy atom. The molecule has 1 aromatic carbocycles. The maximum Gasteiger partial charge on any atom is 0.230 e. The van der Waals surface area contributed by atoms with Crippen molar-refractivity contribution >= 4 is 5.65 Å². The maximum atomic E-state index is 14.0. The first-order valence-electron chi connectivity index (χ1n) is 11.0. The third kappa shape index (κ3) is 3.71. The second-order valence-electron chi connectivity index (χ2n) is 8.16. The number of benzene rings is 1. The van der Waals surface area contributed by atoms with Gasteiger partial charge in [0.1, 0.15) is 29.5 Å². The van der Waals surface area contributed by atoms with Gasteiger partial charge in [-0.05, 0) is 37.1 Å². The van der Waals surface area contributed by atoms with Crippen molar-refractivity contribution in [1.29, 1.82) is 0 Å². The van der Waals surface area contributed by atoms with Crippen LogP contribution in [0, 0.1) is 5.82 Å². The van der Waals surface area contributed by atoms with Crippen molar-refractivity contribution in [3.05, 3.63) is 60.6 Å². The monoisotopic (exact) mass is 460 g/mol.